The van der Waals surface area contributed by atoms with Crippen LogP contribution >= 0.6 is 0 Å². The van der Waals surface area contributed by atoms with Crippen molar-refractivity contribution in [3.05, 3.63) is 17.5 Å². The van der Waals surface area contributed by atoms with Gasteiger partial charge in [0, 0.05) is 31.2 Å². The van der Waals surface area contributed by atoms with Gasteiger partial charge in [-0.15, -0.1) is 0 Å². The topological polar surface area (TPSA) is 55.3 Å². The van der Waals surface area contributed by atoms with Gasteiger partial charge in [0.25, 0.3) is 0 Å². The van der Waals surface area contributed by atoms with E-state index >= 15 is 0 Å². The van der Waals surface area contributed by atoms with E-state index in [2.05, 4.69) is 10.1 Å². The number of aromatic nitrogens is 1. The van der Waals surface area contributed by atoms with E-state index in [1.165, 1.54) is 5.56 Å². The summed E-state index contributed by atoms with van der Waals surface area (Å²) in [6, 6.07) is 0.366. The van der Waals surface area contributed by atoms with Crippen molar-refractivity contribution in [2.45, 2.75) is 19.5 Å². The molecule has 4 heteroatoms. The molecule has 0 aliphatic carbocycles. The second-order valence-electron chi connectivity index (χ2n) is 3.36. The summed E-state index contributed by atoms with van der Waals surface area (Å²) in [5.41, 5.74) is 6.82. The van der Waals surface area contributed by atoms with Crippen LogP contribution < -0.4 is 5.73 Å². The Morgan fingerprint density at radius 3 is 3.00 bits per heavy atom. The number of hydrogen-bond donors (Lipinski definition) is 1. The summed E-state index contributed by atoms with van der Waals surface area (Å²) in [4.78, 5) is 2.28. The van der Waals surface area contributed by atoms with Crippen molar-refractivity contribution in [2.24, 2.45) is 5.73 Å². The number of aryl methyl sites for hydroxylation is 1. The minimum absolute atomic E-state index is 0.366. The molecule has 0 unspecified atom stereocenters. The summed E-state index contributed by atoms with van der Waals surface area (Å²) in [7, 11) is 0. The fourth-order valence-corrected chi connectivity index (χ4v) is 1.45. The van der Waals surface area contributed by atoms with E-state index in [4.69, 9.17) is 10.3 Å². The lowest BCUT2D eigenvalue weighted by molar-refractivity contribution is 0.141. The van der Waals surface area contributed by atoms with Crippen LogP contribution in [0.15, 0.2) is 10.7 Å². The first-order valence-electron chi connectivity index (χ1n) is 4.14. The molecule has 0 radical (unpaired) electrons. The fourth-order valence-electron chi connectivity index (χ4n) is 1.45. The Labute approximate surface area is 71.3 Å². The molecule has 1 fully saturated rings. The van der Waals surface area contributed by atoms with Crippen LogP contribution in [0.3, 0.4) is 0 Å². The molecule has 1 aromatic rings. The normalized spacial score (nSPS) is 19.5. The molecule has 0 atom stereocenters. The predicted molar refractivity (Wildman–Crippen MR) is 44.5 cm³/mol. The fraction of sp³-hybridized carbons (Fsp3) is 0.625. The third-order valence-corrected chi connectivity index (χ3v) is 2.23. The summed E-state index contributed by atoms with van der Waals surface area (Å²) < 4.78 is 4.95. The van der Waals surface area contributed by atoms with Gasteiger partial charge in [0.2, 0.25) is 0 Å². The Morgan fingerprint density at radius 2 is 2.50 bits per heavy atom. The van der Waals surface area contributed by atoms with Gasteiger partial charge in [0.05, 0.1) is 6.20 Å². The highest BCUT2D eigenvalue weighted by Crippen LogP contribution is 2.14. The molecular weight excluding hydrogens is 154 g/mol. The first-order chi connectivity index (χ1) is 5.75. The van der Waals surface area contributed by atoms with E-state index in [0.717, 1.165) is 25.4 Å². The van der Waals surface area contributed by atoms with Crippen LogP contribution in [0.2, 0.25) is 0 Å². The summed E-state index contributed by atoms with van der Waals surface area (Å²) in [5.74, 6) is 0.912. The standard InChI is InChI=1S/C8H13N3O/c1-6-7(2-10-12-6)3-11-4-8(9)5-11/h2,8H,3-5,9H2,1H3. The van der Waals surface area contributed by atoms with Gasteiger partial charge < -0.3 is 10.3 Å². The highest BCUT2D eigenvalue weighted by molar-refractivity contribution is 5.12. The summed E-state index contributed by atoms with van der Waals surface area (Å²) >= 11 is 0. The number of hydrogen-bond acceptors (Lipinski definition) is 4. The maximum atomic E-state index is 5.66. The number of likely N-dealkylation sites (tertiary alicyclic amines) is 1. The van der Waals surface area contributed by atoms with Crippen LogP contribution in [0.4, 0.5) is 0 Å². The van der Waals surface area contributed by atoms with E-state index in [1.54, 1.807) is 6.20 Å². The molecule has 4 nitrogen and oxygen atoms in total. The zero-order valence-corrected chi connectivity index (χ0v) is 7.16. The van der Waals surface area contributed by atoms with Crippen molar-refractivity contribution in [1.29, 1.82) is 0 Å². The van der Waals surface area contributed by atoms with Crippen LogP contribution in [0.25, 0.3) is 0 Å². The van der Waals surface area contributed by atoms with Crippen LogP contribution in [-0.4, -0.2) is 29.2 Å². The summed E-state index contributed by atoms with van der Waals surface area (Å²) in [6.45, 7) is 4.83. The molecule has 2 heterocycles. The Bertz CT molecular complexity index is 265. The minimum Gasteiger partial charge on any atom is -0.361 e. The maximum absolute atomic E-state index is 5.66. The lowest BCUT2D eigenvalue weighted by Gasteiger charge is -2.36. The van der Waals surface area contributed by atoms with Gasteiger partial charge in [-0.3, -0.25) is 4.90 Å². The monoisotopic (exact) mass is 167 g/mol. The molecule has 2 N–H and O–H groups in total. The quantitative estimate of drug-likeness (QED) is 0.680. The smallest absolute Gasteiger partial charge is 0.138 e. The van der Waals surface area contributed by atoms with E-state index < -0.39 is 0 Å². The van der Waals surface area contributed by atoms with Gasteiger partial charge in [0.15, 0.2) is 0 Å². The van der Waals surface area contributed by atoms with Gasteiger partial charge in [-0.2, -0.15) is 0 Å². The SMILES string of the molecule is Cc1oncc1CN1CC(N)C1. The van der Waals surface area contributed by atoms with Crippen molar-refractivity contribution >= 4 is 0 Å². The maximum Gasteiger partial charge on any atom is 0.138 e. The van der Waals surface area contributed by atoms with E-state index in [0.29, 0.717) is 6.04 Å². The second-order valence-corrected chi connectivity index (χ2v) is 3.36. The van der Waals surface area contributed by atoms with Crippen molar-refractivity contribution in [3.63, 3.8) is 0 Å². The van der Waals surface area contributed by atoms with Gasteiger partial charge >= 0.3 is 0 Å². The Kier molecular flexibility index (Phi) is 1.86. The molecule has 1 aliphatic rings. The zero-order chi connectivity index (χ0) is 8.55. The van der Waals surface area contributed by atoms with Crippen LogP contribution in [0, 0.1) is 6.92 Å². The Balaban J connectivity index is 1.92. The van der Waals surface area contributed by atoms with Crippen molar-refractivity contribution in [3.8, 4) is 0 Å². The zero-order valence-electron chi connectivity index (χ0n) is 7.16. The predicted octanol–water partition coefficient (Wildman–Crippen LogP) is 0.126. The molecule has 66 valence electrons. The Morgan fingerprint density at radius 1 is 1.75 bits per heavy atom. The second kappa shape index (κ2) is 2.88. The minimum atomic E-state index is 0.366. The molecule has 0 bridgehead atoms. The van der Waals surface area contributed by atoms with E-state index in [9.17, 15) is 0 Å². The molecule has 12 heavy (non-hydrogen) atoms. The van der Waals surface area contributed by atoms with Gasteiger partial charge in [-0.25, -0.2) is 0 Å². The molecule has 0 spiro atoms. The van der Waals surface area contributed by atoms with Gasteiger partial charge in [-0.05, 0) is 6.92 Å². The summed E-state index contributed by atoms with van der Waals surface area (Å²) in [5, 5.41) is 3.72. The highest BCUT2D eigenvalue weighted by Gasteiger charge is 2.23. The first-order valence-corrected chi connectivity index (χ1v) is 4.14. The molecular formula is C8H13N3O. The molecule has 1 aliphatic heterocycles. The average Bonchev–Trinajstić information content (AvgIpc) is 2.33. The van der Waals surface area contributed by atoms with E-state index in [-0.39, 0.29) is 0 Å². The molecule has 1 aromatic heterocycles. The molecule has 0 amide bonds. The van der Waals surface area contributed by atoms with E-state index in [1.807, 2.05) is 6.92 Å². The molecule has 0 saturated carbocycles. The number of rotatable bonds is 2. The highest BCUT2D eigenvalue weighted by atomic mass is 16.5. The lowest BCUT2D eigenvalue weighted by atomic mass is 10.1. The van der Waals surface area contributed by atoms with Gasteiger partial charge in [-0.1, -0.05) is 5.16 Å². The van der Waals surface area contributed by atoms with Crippen LogP contribution in [0.5, 0.6) is 0 Å². The third-order valence-electron chi connectivity index (χ3n) is 2.23. The number of nitrogens with two attached hydrogens (primary N) is 1. The lowest BCUT2D eigenvalue weighted by Crippen LogP contribution is -2.54. The summed E-state index contributed by atoms with van der Waals surface area (Å²) in [6.07, 6.45) is 1.78. The van der Waals surface area contributed by atoms with Gasteiger partial charge in [0.1, 0.15) is 5.76 Å². The van der Waals surface area contributed by atoms with Crippen molar-refractivity contribution in [2.75, 3.05) is 13.1 Å². The van der Waals surface area contributed by atoms with Crippen LogP contribution in [0.1, 0.15) is 11.3 Å². The Hall–Kier alpha value is -0.870. The first kappa shape index (κ1) is 7.76. The number of nitrogens with zero attached hydrogens (tertiary/aromatic N) is 2. The molecule has 2 rings (SSSR count). The molecule has 0 aromatic carbocycles. The third kappa shape index (κ3) is 1.35. The average molecular weight is 167 g/mol. The van der Waals surface area contributed by atoms with Crippen LogP contribution in [-0.2, 0) is 6.54 Å². The molecule has 1 saturated heterocycles. The van der Waals surface area contributed by atoms with Crippen molar-refractivity contribution in [1.82, 2.24) is 10.1 Å². The largest absolute Gasteiger partial charge is 0.361 e. The van der Waals surface area contributed by atoms with Crippen molar-refractivity contribution < 1.29 is 4.52 Å².